The van der Waals surface area contributed by atoms with E-state index in [9.17, 15) is 9.59 Å². The van der Waals surface area contributed by atoms with E-state index in [0.717, 1.165) is 28.8 Å². The monoisotopic (exact) mass is 331 g/mol. The minimum absolute atomic E-state index is 0.116. The van der Waals surface area contributed by atoms with Crippen molar-refractivity contribution >= 4 is 34.5 Å². The lowest BCUT2D eigenvalue weighted by Crippen LogP contribution is -2.44. The molecule has 2 N–H and O–H groups in total. The number of thioether (sulfide) groups is 1. The van der Waals surface area contributed by atoms with Crippen molar-refractivity contribution < 1.29 is 9.59 Å². The van der Waals surface area contributed by atoms with E-state index in [2.05, 4.69) is 10.3 Å². The first-order chi connectivity index (χ1) is 11.0. The highest BCUT2D eigenvalue weighted by atomic mass is 32.2. The molecule has 1 atom stereocenters. The van der Waals surface area contributed by atoms with E-state index in [0.29, 0.717) is 5.56 Å². The molecule has 2 amide bonds. The normalized spacial score (nSPS) is 15.1. The zero-order valence-electron chi connectivity index (χ0n) is 13.6. The minimum atomic E-state index is -0.538. The van der Waals surface area contributed by atoms with Crippen LogP contribution in [0, 0.1) is 0 Å². The van der Waals surface area contributed by atoms with Gasteiger partial charge in [-0.25, -0.2) is 0 Å². The van der Waals surface area contributed by atoms with Crippen molar-refractivity contribution in [1.29, 1.82) is 0 Å². The molecule has 2 heterocycles. The number of aromatic amines is 1. The maximum absolute atomic E-state index is 12.4. The van der Waals surface area contributed by atoms with Gasteiger partial charge in [0.2, 0.25) is 5.91 Å². The van der Waals surface area contributed by atoms with Gasteiger partial charge in [-0.15, -0.1) is 0 Å². The summed E-state index contributed by atoms with van der Waals surface area (Å²) < 4.78 is 0. The molecule has 1 aliphatic heterocycles. The fourth-order valence-electron chi connectivity index (χ4n) is 2.90. The van der Waals surface area contributed by atoms with E-state index in [1.54, 1.807) is 27.1 Å². The molecule has 122 valence electrons. The highest BCUT2D eigenvalue weighted by Crippen LogP contribution is 2.31. The standard InChI is InChI=1S/C17H21N3O2S/c1-10(17(22)20(2)3)18-16(21)11-4-5-14-12(8-11)13-9-23-7-6-15(13)19-14/h4-5,8,10,19H,6-7,9H2,1-3H3,(H,18,21). The number of nitrogens with zero attached hydrogens (tertiary/aromatic N) is 1. The van der Waals surface area contributed by atoms with Gasteiger partial charge in [0.05, 0.1) is 0 Å². The van der Waals surface area contributed by atoms with Gasteiger partial charge in [0.1, 0.15) is 6.04 Å². The SMILES string of the molecule is CC(NC(=O)c1ccc2[nH]c3c(c2c1)CSCC3)C(=O)N(C)C. The van der Waals surface area contributed by atoms with Crippen molar-refractivity contribution in [3.63, 3.8) is 0 Å². The number of benzene rings is 1. The smallest absolute Gasteiger partial charge is 0.251 e. The van der Waals surface area contributed by atoms with Gasteiger partial charge in [-0.2, -0.15) is 11.8 Å². The summed E-state index contributed by atoms with van der Waals surface area (Å²) in [7, 11) is 3.36. The Balaban J connectivity index is 1.85. The molecule has 0 spiro atoms. The quantitative estimate of drug-likeness (QED) is 0.906. The molecule has 1 unspecified atom stereocenters. The molecule has 1 aromatic heterocycles. The first kappa shape index (κ1) is 15.9. The van der Waals surface area contributed by atoms with Crippen LogP contribution < -0.4 is 5.32 Å². The molecule has 23 heavy (non-hydrogen) atoms. The first-order valence-electron chi connectivity index (χ1n) is 7.70. The average molecular weight is 331 g/mol. The molecule has 6 heteroatoms. The van der Waals surface area contributed by atoms with Gasteiger partial charge >= 0.3 is 0 Å². The summed E-state index contributed by atoms with van der Waals surface area (Å²) in [6, 6.07) is 5.15. The third-order valence-corrected chi connectivity index (χ3v) is 5.14. The zero-order chi connectivity index (χ0) is 16.6. The predicted molar refractivity (Wildman–Crippen MR) is 93.8 cm³/mol. The first-order valence-corrected chi connectivity index (χ1v) is 8.86. The Hall–Kier alpha value is -1.95. The van der Waals surface area contributed by atoms with Crippen LogP contribution in [0.15, 0.2) is 18.2 Å². The number of aromatic nitrogens is 1. The topological polar surface area (TPSA) is 65.2 Å². The van der Waals surface area contributed by atoms with Crippen molar-refractivity contribution in [3.05, 3.63) is 35.0 Å². The Morgan fingerprint density at radius 1 is 1.35 bits per heavy atom. The van der Waals surface area contributed by atoms with E-state index >= 15 is 0 Å². The number of carbonyl (C=O) groups is 2. The Morgan fingerprint density at radius 3 is 2.87 bits per heavy atom. The molecule has 0 aliphatic carbocycles. The van der Waals surface area contributed by atoms with Crippen LogP contribution in [0.3, 0.4) is 0 Å². The lowest BCUT2D eigenvalue weighted by molar-refractivity contribution is -0.130. The van der Waals surface area contributed by atoms with E-state index in [1.807, 2.05) is 23.9 Å². The third kappa shape index (κ3) is 3.08. The Morgan fingerprint density at radius 2 is 2.13 bits per heavy atom. The largest absolute Gasteiger partial charge is 0.358 e. The molecule has 0 saturated heterocycles. The number of aryl methyl sites for hydroxylation is 1. The lowest BCUT2D eigenvalue weighted by atomic mass is 10.1. The predicted octanol–water partition coefficient (Wildman–Crippen LogP) is 2.16. The number of nitrogens with one attached hydrogen (secondary N) is 2. The van der Waals surface area contributed by atoms with Gasteiger partial charge in [0, 0.05) is 42.0 Å². The van der Waals surface area contributed by atoms with E-state index in [4.69, 9.17) is 0 Å². The summed E-state index contributed by atoms with van der Waals surface area (Å²) in [4.78, 5) is 29.2. The second-order valence-electron chi connectivity index (χ2n) is 6.07. The van der Waals surface area contributed by atoms with Gasteiger partial charge in [-0.05, 0) is 42.9 Å². The minimum Gasteiger partial charge on any atom is -0.358 e. The van der Waals surface area contributed by atoms with Gasteiger partial charge in [-0.3, -0.25) is 9.59 Å². The van der Waals surface area contributed by atoms with Crippen LogP contribution in [0.1, 0.15) is 28.5 Å². The van der Waals surface area contributed by atoms with Crippen molar-refractivity contribution in [2.45, 2.75) is 25.1 Å². The molecule has 0 radical (unpaired) electrons. The third-order valence-electron chi connectivity index (χ3n) is 4.16. The number of likely N-dealkylation sites (N-methyl/N-ethyl adjacent to an activating group) is 1. The number of H-pyrrole nitrogens is 1. The molecule has 3 rings (SSSR count). The van der Waals surface area contributed by atoms with Crippen LogP contribution >= 0.6 is 11.8 Å². The molecule has 1 aliphatic rings. The van der Waals surface area contributed by atoms with Crippen molar-refractivity contribution in [2.24, 2.45) is 0 Å². The Labute approximate surface area is 139 Å². The van der Waals surface area contributed by atoms with Crippen LogP contribution in [-0.2, 0) is 17.0 Å². The molecule has 5 nitrogen and oxygen atoms in total. The van der Waals surface area contributed by atoms with Crippen LogP contribution in [0.2, 0.25) is 0 Å². The van der Waals surface area contributed by atoms with Crippen molar-refractivity contribution in [2.75, 3.05) is 19.8 Å². The molecular formula is C17H21N3O2S. The van der Waals surface area contributed by atoms with Gasteiger partial charge in [-0.1, -0.05) is 0 Å². The lowest BCUT2D eigenvalue weighted by Gasteiger charge is -2.18. The van der Waals surface area contributed by atoms with Crippen LogP contribution in [0.4, 0.5) is 0 Å². The van der Waals surface area contributed by atoms with Gasteiger partial charge in [0.25, 0.3) is 5.91 Å². The number of hydrogen-bond acceptors (Lipinski definition) is 3. The average Bonchev–Trinajstić information content (AvgIpc) is 2.91. The van der Waals surface area contributed by atoms with Crippen molar-refractivity contribution in [1.82, 2.24) is 15.2 Å². The highest BCUT2D eigenvalue weighted by molar-refractivity contribution is 7.98. The van der Waals surface area contributed by atoms with Gasteiger partial charge < -0.3 is 15.2 Å². The second-order valence-corrected chi connectivity index (χ2v) is 7.18. The molecule has 2 aromatic rings. The molecule has 0 saturated carbocycles. The Kier molecular flexibility index (Phi) is 4.35. The van der Waals surface area contributed by atoms with Crippen LogP contribution in [-0.4, -0.2) is 47.6 Å². The molecular weight excluding hydrogens is 310 g/mol. The summed E-state index contributed by atoms with van der Waals surface area (Å²) >= 11 is 1.92. The number of fused-ring (bicyclic) bond motifs is 3. The summed E-state index contributed by atoms with van der Waals surface area (Å²) in [6.45, 7) is 1.70. The summed E-state index contributed by atoms with van der Waals surface area (Å²) in [6.07, 6.45) is 1.05. The van der Waals surface area contributed by atoms with Crippen molar-refractivity contribution in [3.8, 4) is 0 Å². The van der Waals surface area contributed by atoms with E-state index < -0.39 is 6.04 Å². The van der Waals surface area contributed by atoms with Crippen LogP contribution in [0.5, 0.6) is 0 Å². The van der Waals surface area contributed by atoms with Crippen LogP contribution in [0.25, 0.3) is 10.9 Å². The molecule has 0 bridgehead atoms. The Bertz CT molecular complexity index is 767. The fraction of sp³-hybridized carbons (Fsp3) is 0.412. The number of rotatable bonds is 3. The van der Waals surface area contributed by atoms with E-state index in [1.165, 1.54) is 16.2 Å². The summed E-state index contributed by atoms with van der Waals surface area (Å²) in [5.41, 5.74) is 4.26. The second kappa shape index (κ2) is 6.28. The maximum atomic E-state index is 12.4. The number of amides is 2. The molecule has 0 fully saturated rings. The number of carbonyl (C=O) groups excluding carboxylic acids is 2. The number of hydrogen-bond donors (Lipinski definition) is 2. The fourth-order valence-corrected chi connectivity index (χ4v) is 3.93. The summed E-state index contributed by atoms with van der Waals surface area (Å²) in [5, 5.41) is 3.89. The van der Waals surface area contributed by atoms with E-state index in [-0.39, 0.29) is 11.8 Å². The van der Waals surface area contributed by atoms with Gasteiger partial charge in [0.15, 0.2) is 0 Å². The molecule has 1 aromatic carbocycles. The summed E-state index contributed by atoms with van der Waals surface area (Å²) in [5.74, 6) is 1.79. The zero-order valence-corrected chi connectivity index (χ0v) is 14.4. The highest BCUT2D eigenvalue weighted by Gasteiger charge is 2.20. The maximum Gasteiger partial charge on any atom is 0.251 e.